The number of pyridine rings is 2. The van der Waals surface area contributed by atoms with Gasteiger partial charge in [0.15, 0.2) is 10.9 Å². The van der Waals surface area contributed by atoms with Gasteiger partial charge in [0.2, 0.25) is 0 Å². The van der Waals surface area contributed by atoms with Crippen molar-refractivity contribution in [2.45, 2.75) is 13.2 Å². The van der Waals surface area contributed by atoms with E-state index in [0.717, 1.165) is 22.6 Å². The topological polar surface area (TPSA) is 103 Å². The first-order valence-corrected chi connectivity index (χ1v) is 17.5. The summed E-state index contributed by atoms with van der Waals surface area (Å²) >= 11 is 0. The molecule has 0 aliphatic rings. The predicted molar refractivity (Wildman–Crippen MR) is 212 cm³/mol. The molecule has 0 aliphatic carbocycles. The average molecular weight is 709 g/mol. The van der Waals surface area contributed by atoms with Crippen LogP contribution in [0.25, 0.3) is 43.6 Å². The summed E-state index contributed by atoms with van der Waals surface area (Å²) in [5.41, 5.74) is 4.22. The Labute approximate surface area is 308 Å². The number of fused-ring (bicyclic) bond motifs is 4. The van der Waals surface area contributed by atoms with Crippen molar-refractivity contribution in [3.8, 4) is 34.5 Å². The molecule has 262 valence electrons. The van der Waals surface area contributed by atoms with Gasteiger partial charge >= 0.3 is 0 Å². The molecule has 0 spiro atoms. The van der Waals surface area contributed by atoms with Crippen molar-refractivity contribution in [1.82, 2.24) is 9.97 Å². The maximum atomic E-state index is 13.9. The van der Waals surface area contributed by atoms with E-state index in [9.17, 15) is 9.59 Å². The Morgan fingerprint density at radius 2 is 0.704 bits per heavy atom. The monoisotopic (exact) mass is 708 g/mol. The van der Waals surface area contributed by atoms with E-state index in [1.54, 1.807) is 36.4 Å². The van der Waals surface area contributed by atoms with Crippen molar-refractivity contribution in [3.63, 3.8) is 0 Å². The van der Waals surface area contributed by atoms with E-state index in [0.29, 0.717) is 79.8 Å². The Balaban J connectivity index is 0.947. The third-order valence-corrected chi connectivity index (χ3v) is 9.27. The Morgan fingerprint density at radius 1 is 0.352 bits per heavy atom. The van der Waals surface area contributed by atoms with Crippen LogP contribution in [0.15, 0.2) is 167 Å². The summed E-state index contributed by atoms with van der Waals surface area (Å²) in [6.45, 7) is 0.946. The molecule has 2 N–H and O–H groups in total. The Kier molecular flexibility index (Phi) is 8.45. The summed E-state index contributed by atoms with van der Waals surface area (Å²) < 4.78 is 24.0. The van der Waals surface area contributed by atoms with E-state index in [2.05, 4.69) is 9.97 Å². The number of rotatable bonds is 10. The number of nitrogens with one attached hydrogen (secondary N) is 2. The molecule has 2 heterocycles. The molecule has 7 aromatic carbocycles. The molecule has 0 bridgehead atoms. The van der Waals surface area contributed by atoms with Gasteiger partial charge < -0.3 is 28.9 Å². The van der Waals surface area contributed by atoms with Crippen LogP contribution in [0.5, 0.6) is 34.5 Å². The van der Waals surface area contributed by atoms with Gasteiger partial charge in [0.1, 0.15) is 47.7 Å². The highest BCUT2D eigenvalue weighted by molar-refractivity contribution is 6.03. The lowest BCUT2D eigenvalue weighted by Crippen LogP contribution is -2.08. The van der Waals surface area contributed by atoms with Crippen LogP contribution in [0.2, 0.25) is 0 Å². The zero-order valence-corrected chi connectivity index (χ0v) is 28.9. The van der Waals surface area contributed by atoms with Gasteiger partial charge in [-0.25, -0.2) is 0 Å². The quantitative estimate of drug-likeness (QED) is 0.137. The molecule has 8 heteroatoms. The second kappa shape index (κ2) is 14.0. The predicted octanol–water partition coefficient (Wildman–Crippen LogP) is 10.4. The summed E-state index contributed by atoms with van der Waals surface area (Å²) in [6.07, 6.45) is 0. The van der Waals surface area contributed by atoms with Crippen LogP contribution in [-0.4, -0.2) is 9.97 Å². The average Bonchev–Trinajstić information content (AvgIpc) is 3.21. The second-order valence-corrected chi connectivity index (χ2v) is 13.0. The maximum Gasteiger partial charge on any atom is 0.197 e. The largest absolute Gasteiger partial charge is 0.489 e. The highest BCUT2D eigenvalue weighted by Gasteiger charge is 2.13. The van der Waals surface area contributed by atoms with E-state index in [1.165, 1.54) is 0 Å². The van der Waals surface area contributed by atoms with E-state index < -0.39 is 0 Å². The van der Waals surface area contributed by atoms with Gasteiger partial charge in [-0.15, -0.1) is 0 Å². The molecular formula is C46H32N2O6. The smallest absolute Gasteiger partial charge is 0.197 e. The van der Waals surface area contributed by atoms with Crippen molar-refractivity contribution in [3.05, 3.63) is 189 Å². The van der Waals surface area contributed by atoms with E-state index in [-0.39, 0.29) is 10.9 Å². The van der Waals surface area contributed by atoms with Crippen LogP contribution in [-0.2, 0) is 13.2 Å². The van der Waals surface area contributed by atoms with Crippen LogP contribution in [0.4, 0.5) is 0 Å². The molecule has 0 atom stereocenters. The molecule has 0 saturated heterocycles. The van der Waals surface area contributed by atoms with Gasteiger partial charge in [-0.1, -0.05) is 60.7 Å². The van der Waals surface area contributed by atoms with Crippen LogP contribution in [0.3, 0.4) is 0 Å². The number of hydrogen-bond donors (Lipinski definition) is 2. The Bertz CT molecular complexity index is 2700. The summed E-state index contributed by atoms with van der Waals surface area (Å²) in [5, 5.41) is 1.86. The number of hydrogen-bond acceptors (Lipinski definition) is 6. The van der Waals surface area contributed by atoms with Gasteiger partial charge in [-0.05, 0) is 108 Å². The van der Waals surface area contributed by atoms with Crippen LogP contribution in [0.1, 0.15) is 11.1 Å². The van der Waals surface area contributed by atoms with E-state index in [4.69, 9.17) is 18.9 Å². The van der Waals surface area contributed by atoms with Gasteiger partial charge in [0.25, 0.3) is 0 Å². The van der Waals surface area contributed by atoms with Crippen LogP contribution >= 0.6 is 0 Å². The summed E-state index contributed by atoms with van der Waals surface area (Å²) in [7, 11) is 0. The van der Waals surface area contributed by atoms with E-state index in [1.807, 2.05) is 121 Å². The lowest BCUT2D eigenvalue weighted by atomic mass is 10.0. The molecule has 0 amide bonds. The minimum absolute atomic E-state index is 0.170. The summed E-state index contributed by atoms with van der Waals surface area (Å²) in [6, 6.07) is 48.8. The van der Waals surface area contributed by atoms with E-state index >= 15 is 0 Å². The fourth-order valence-corrected chi connectivity index (χ4v) is 6.49. The fraction of sp³-hybridized carbons (Fsp3) is 0.0435. The van der Waals surface area contributed by atoms with Crippen molar-refractivity contribution in [1.29, 1.82) is 0 Å². The van der Waals surface area contributed by atoms with Crippen molar-refractivity contribution in [2.75, 3.05) is 0 Å². The molecule has 0 aliphatic heterocycles. The maximum absolute atomic E-state index is 13.9. The third-order valence-electron chi connectivity index (χ3n) is 9.27. The number of aromatic amines is 2. The van der Waals surface area contributed by atoms with Gasteiger partial charge in [-0.2, -0.15) is 0 Å². The van der Waals surface area contributed by atoms with Gasteiger partial charge in [0.05, 0.1) is 22.1 Å². The molecule has 54 heavy (non-hydrogen) atoms. The molecule has 0 radical (unpaired) electrons. The first-order valence-electron chi connectivity index (χ1n) is 17.5. The highest BCUT2D eigenvalue weighted by atomic mass is 16.5. The number of aromatic nitrogens is 2. The van der Waals surface area contributed by atoms with Crippen LogP contribution < -0.4 is 29.8 Å². The second-order valence-electron chi connectivity index (χ2n) is 13.0. The molecule has 8 nitrogen and oxygen atoms in total. The molecule has 0 unspecified atom stereocenters. The molecular weight excluding hydrogens is 677 g/mol. The molecule has 0 saturated carbocycles. The number of benzene rings is 7. The third kappa shape index (κ3) is 6.71. The zero-order chi connectivity index (χ0) is 36.4. The lowest BCUT2D eigenvalue weighted by molar-refractivity contribution is 0.305. The zero-order valence-electron chi connectivity index (χ0n) is 28.9. The van der Waals surface area contributed by atoms with Crippen molar-refractivity contribution in [2.24, 2.45) is 0 Å². The minimum Gasteiger partial charge on any atom is -0.489 e. The SMILES string of the molecule is O=c1c2cc(Oc3ccc(OCc4ccccc4)cc3)ccc2[nH]c2cc3c(=O)c4cc(Oc5ccc(OCc6ccccc6)cc5)ccc4[nH]c3cc12. The lowest BCUT2D eigenvalue weighted by Gasteiger charge is -2.11. The van der Waals surface area contributed by atoms with Gasteiger partial charge in [0, 0.05) is 21.5 Å². The molecule has 9 rings (SSSR count). The van der Waals surface area contributed by atoms with Crippen LogP contribution in [0, 0.1) is 0 Å². The Morgan fingerprint density at radius 3 is 1.11 bits per heavy atom. The number of ether oxygens (including phenoxy) is 4. The normalized spacial score (nSPS) is 11.3. The number of H-pyrrole nitrogens is 2. The van der Waals surface area contributed by atoms with Gasteiger partial charge in [-0.3, -0.25) is 9.59 Å². The first-order chi connectivity index (χ1) is 26.5. The minimum atomic E-state index is -0.170. The standard InChI is InChI=1S/C46H32N2O6/c49-45-37-23-35(53-33-15-11-31(12-16-33)51-27-29-7-3-1-4-8-29)19-21-41(37)47-43-26-40-44(25-39(43)45)48-42-22-20-36(24-38(42)46(40)50)54-34-17-13-32(14-18-34)52-28-30-9-5-2-6-10-30/h1-26H,27-28H2,(H,47,49)(H,48,50). The Hall–Kier alpha value is -7.32. The fourth-order valence-electron chi connectivity index (χ4n) is 6.49. The molecule has 2 aromatic heterocycles. The summed E-state index contributed by atoms with van der Waals surface area (Å²) in [5.74, 6) is 3.74. The first kappa shape index (κ1) is 32.6. The molecule has 9 aromatic rings. The highest BCUT2D eigenvalue weighted by Crippen LogP contribution is 2.30. The van der Waals surface area contributed by atoms with Crippen molar-refractivity contribution >= 4 is 43.6 Å². The summed E-state index contributed by atoms with van der Waals surface area (Å²) in [4.78, 5) is 34.4. The molecule has 0 fully saturated rings. The van der Waals surface area contributed by atoms with Crippen molar-refractivity contribution < 1.29 is 18.9 Å².